The van der Waals surface area contributed by atoms with Crippen LogP contribution in [-0.4, -0.2) is 43.7 Å². The predicted octanol–water partition coefficient (Wildman–Crippen LogP) is 13.6. The average molecular weight is 815 g/mol. The molecule has 0 aliphatic heterocycles. The van der Waals surface area contributed by atoms with Crippen molar-refractivity contribution in [1.82, 2.24) is 0 Å². The lowest BCUT2D eigenvalue weighted by Gasteiger charge is -2.34. The molecule has 0 aromatic rings. The topological polar surface area (TPSA) is 26.3 Å². The van der Waals surface area contributed by atoms with Crippen molar-refractivity contribution in [2.75, 3.05) is 33.3 Å². The quantitative estimate of drug-likeness (QED) is 0.0348. The first-order chi connectivity index (χ1) is 25.6. The number of carbonyl (C=O) groups excluding carboxylic acids is 1. The lowest BCUT2D eigenvalue weighted by Crippen LogP contribution is -3.00. The largest absolute Gasteiger partial charge is 1.00 e. The van der Waals surface area contributed by atoms with Crippen LogP contribution in [0.4, 0.5) is 0 Å². The van der Waals surface area contributed by atoms with Gasteiger partial charge in [-0.05, 0) is 32.1 Å². The van der Waals surface area contributed by atoms with E-state index >= 15 is 0 Å². The van der Waals surface area contributed by atoms with Crippen molar-refractivity contribution in [3.63, 3.8) is 0 Å². The molecule has 0 bridgehead atoms. The highest BCUT2D eigenvalue weighted by molar-refractivity contribution is 5.69. The van der Waals surface area contributed by atoms with Gasteiger partial charge in [-0.2, -0.15) is 0 Å². The highest BCUT2D eigenvalue weighted by Crippen LogP contribution is 2.18. The fraction of sp³-hybridized carbons (Fsp3) is 0.980. The molecule has 0 aliphatic carbocycles. The van der Waals surface area contributed by atoms with Crippen LogP contribution in [0.3, 0.4) is 0 Å². The van der Waals surface area contributed by atoms with E-state index in [2.05, 4.69) is 27.8 Å². The van der Waals surface area contributed by atoms with Crippen molar-refractivity contribution < 1.29 is 31.0 Å². The van der Waals surface area contributed by atoms with Crippen molar-refractivity contribution in [2.45, 2.75) is 278 Å². The molecule has 0 amide bonds. The second-order valence-corrected chi connectivity index (χ2v) is 17.5. The monoisotopic (exact) mass is 814 g/mol. The minimum absolute atomic E-state index is 0. The Kier molecular flexibility index (Phi) is 48.0. The van der Waals surface area contributed by atoms with E-state index in [-0.39, 0.29) is 23.0 Å². The molecule has 0 aromatic carbocycles. The maximum atomic E-state index is 12.5. The van der Waals surface area contributed by atoms with Crippen LogP contribution in [0.5, 0.6) is 0 Å². The van der Waals surface area contributed by atoms with Gasteiger partial charge >= 0.3 is 5.97 Å². The molecule has 3 nitrogen and oxygen atoms in total. The Morgan fingerprint density at radius 3 is 0.830 bits per heavy atom. The van der Waals surface area contributed by atoms with Crippen LogP contribution >= 0.6 is 0 Å². The Labute approximate surface area is 346 Å². The smallest absolute Gasteiger partial charge is 0.305 e. The molecule has 4 heteroatoms. The standard InChI is InChI=1S/C49H100NO2.BrH/c1-5-8-11-14-17-19-21-23-25-27-29-31-33-36-39-42-45-50(4,47-48-52-49(51)44-41-38-35-16-13-10-7-3)46-43-40-37-34-32-30-28-26-24-22-20-18-15-12-9-6-2;/h5-48H2,1-4H3;1H/q+1;/p-1. The van der Waals surface area contributed by atoms with Gasteiger partial charge in [0.05, 0.1) is 20.1 Å². The third-order valence-electron chi connectivity index (χ3n) is 12.0. The van der Waals surface area contributed by atoms with E-state index in [1.165, 1.54) is 257 Å². The Hall–Kier alpha value is -0.0900. The van der Waals surface area contributed by atoms with Crippen LogP contribution < -0.4 is 17.0 Å². The van der Waals surface area contributed by atoms with Gasteiger partial charge in [-0.3, -0.25) is 4.79 Å². The molecule has 0 N–H and O–H groups in total. The molecular weight excluding hydrogens is 714 g/mol. The number of quaternary nitrogens is 1. The molecule has 0 unspecified atom stereocenters. The third kappa shape index (κ3) is 44.5. The zero-order valence-electron chi connectivity index (χ0n) is 37.3. The zero-order chi connectivity index (χ0) is 37.9. The summed E-state index contributed by atoms with van der Waals surface area (Å²) in [6, 6.07) is 0. The first kappa shape index (κ1) is 55.0. The van der Waals surface area contributed by atoms with Gasteiger partial charge in [0, 0.05) is 6.42 Å². The zero-order valence-corrected chi connectivity index (χ0v) is 38.8. The minimum atomic E-state index is 0. The first-order valence-electron chi connectivity index (χ1n) is 24.6. The molecule has 0 aliphatic rings. The number of esters is 1. The molecule has 53 heavy (non-hydrogen) atoms. The number of likely N-dealkylation sites (N-methyl/N-ethyl adjacent to an activating group) is 1. The summed E-state index contributed by atoms with van der Waals surface area (Å²) in [7, 11) is 2.44. The van der Waals surface area contributed by atoms with Crippen LogP contribution in [0.15, 0.2) is 0 Å². The molecule has 0 fully saturated rings. The number of hydrogen-bond acceptors (Lipinski definition) is 2. The average Bonchev–Trinajstić information content (AvgIpc) is 3.14. The summed E-state index contributed by atoms with van der Waals surface area (Å²) in [5.74, 6) is 0.0323. The summed E-state index contributed by atoms with van der Waals surface area (Å²) in [6.07, 6.45) is 54.9. The summed E-state index contributed by atoms with van der Waals surface area (Å²) in [4.78, 5) is 12.5. The number of rotatable bonds is 45. The molecular formula is C49H100BrNO2. The Morgan fingerprint density at radius 1 is 0.340 bits per heavy atom. The Balaban J connectivity index is 0. The highest BCUT2D eigenvalue weighted by Gasteiger charge is 2.21. The van der Waals surface area contributed by atoms with Crippen LogP contribution in [0, 0.1) is 0 Å². The summed E-state index contributed by atoms with van der Waals surface area (Å²) < 4.78 is 6.88. The van der Waals surface area contributed by atoms with E-state index in [0.717, 1.165) is 17.4 Å². The number of nitrogens with zero attached hydrogens (tertiary/aromatic N) is 1. The fourth-order valence-corrected chi connectivity index (χ4v) is 8.10. The van der Waals surface area contributed by atoms with Gasteiger partial charge in [-0.25, -0.2) is 0 Å². The maximum Gasteiger partial charge on any atom is 0.305 e. The van der Waals surface area contributed by atoms with Gasteiger partial charge in [0.25, 0.3) is 0 Å². The molecule has 320 valence electrons. The molecule has 0 aromatic heterocycles. The fourth-order valence-electron chi connectivity index (χ4n) is 8.10. The second kappa shape index (κ2) is 46.3. The van der Waals surface area contributed by atoms with Crippen molar-refractivity contribution in [2.24, 2.45) is 0 Å². The maximum absolute atomic E-state index is 12.5. The van der Waals surface area contributed by atoms with Crippen molar-refractivity contribution in [1.29, 1.82) is 0 Å². The highest BCUT2D eigenvalue weighted by atomic mass is 79.9. The lowest BCUT2D eigenvalue weighted by molar-refractivity contribution is -0.910. The molecule has 0 heterocycles. The van der Waals surface area contributed by atoms with E-state index in [9.17, 15) is 4.79 Å². The van der Waals surface area contributed by atoms with Crippen LogP contribution in [0.25, 0.3) is 0 Å². The Bertz CT molecular complexity index is 649. The van der Waals surface area contributed by atoms with Crippen LogP contribution in [0.2, 0.25) is 0 Å². The number of hydrogen-bond donors (Lipinski definition) is 0. The normalized spacial score (nSPS) is 11.6. The van der Waals surface area contributed by atoms with Crippen molar-refractivity contribution in [3.8, 4) is 0 Å². The lowest BCUT2D eigenvalue weighted by atomic mass is 10.0. The molecule has 0 saturated heterocycles. The van der Waals surface area contributed by atoms with Crippen molar-refractivity contribution >= 4 is 5.97 Å². The molecule has 0 radical (unpaired) electrons. The van der Waals surface area contributed by atoms with E-state index in [1.807, 2.05) is 0 Å². The predicted molar refractivity (Wildman–Crippen MR) is 233 cm³/mol. The molecule has 0 rings (SSSR count). The number of halogens is 1. The summed E-state index contributed by atoms with van der Waals surface area (Å²) in [5.41, 5.74) is 0. The number of carbonyl (C=O) groups is 1. The van der Waals surface area contributed by atoms with Gasteiger partial charge in [-0.15, -0.1) is 0 Å². The number of unbranched alkanes of at least 4 members (excludes halogenated alkanes) is 36. The van der Waals surface area contributed by atoms with Gasteiger partial charge in [-0.1, -0.05) is 239 Å². The SMILES string of the molecule is CCCCCCCCCCCCCCCCCC[N+](C)(CCCCCCCCCCCCCCCCCC)CCOC(=O)CCCCCCCCC.[Br-]. The molecule has 0 spiro atoms. The first-order valence-corrected chi connectivity index (χ1v) is 24.6. The molecule has 0 atom stereocenters. The van der Waals surface area contributed by atoms with E-state index in [4.69, 9.17) is 4.74 Å². The van der Waals surface area contributed by atoms with E-state index < -0.39 is 0 Å². The Morgan fingerprint density at radius 2 is 0.566 bits per heavy atom. The van der Waals surface area contributed by atoms with Crippen LogP contribution in [-0.2, 0) is 9.53 Å². The van der Waals surface area contributed by atoms with E-state index in [0.29, 0.717) is 13.0 Å². The molecule has 0 saturated carbocycles. The van der Waals surface area contributed by atoms with Gasteiger partial charge in [0.2, 0.25) is 0 Å². The van der Waals surface area contributed by atoms with E-state index in [1.54, 1.807) is 0 Å². The third-order valence-corrected chi connectivity index (χ3v) is 12.0. The van der Waals surface area contributed by atoms with Gasteiger partial charge in [0.15, 0.2) is 0 Å². The summed E-state index contributed by atoms with van der Waals surface area (Å²) >= 11 is 0. The number of ether oxygens (including phenoxy) is 1. The summed E-state index contributed by atoms with van der Waals surface area (Å²) in [6.45, 7) is 10.9. The van der Waals surface area contributed by atoms with Crippen molar-refractivity contribution in [3.05, 3.63) is 0 Å². The summed E-state index contributed by atoms with van der Waals surface area (Å²) in [5, 5.41) is 0. The second-order valence-electron chi connectivity index (χ2n) is 17.5. The van der Waals surface area contributed by atoms with Crippen LogP contribution in [0.1, 0.15) is 278 Å². The van der Waals surface area contributed by atoms with Gasteiger partial charge < -0.3 is 26.2 Å². The van der Waals surface area contributed by atoms with Gasteiger partial charge in [0.1, 0.15) is 13.2 Å². The minimum Gasteiger partial charge on any atom is -1.00 e.